The van der Waals surface area contributed by atoms with E-state index in [-0.39, 0.29) is 11.4 Å². The number of ether oxygens (including phenoxy) is 1. The summed E-state index contributed by atoms with van der Waals surface area (Å²) in [5.41, 5.74) is 2.61. The Bertz CT molecular complexity index is 968. The molecule has 5 heteroatoms. The molecule has 0 unspecified atom stereocenters. The van der Waals surface area contributed by atoms with E-state index in [9.17, 15) is 8.42 Å². The van der Waals surface area contributed by atoms with Gasteiger partial charge in [0.2, 0.25) is 0 Å². The summed E-state index contributed by atoms with van der Waals surface area (Å²) in [7, 11) is -2.15. The second kappa shape index (κ2) is 7.62. The van der Waals surface area contributed by atoms with Gasteiger partial charge in [-0.15, -0.1) is 0 Å². The smallest absolute Gasteiger partial charge is 0.264 e. The van der Waals surface area contributed by atoms with Gasteiger partial charge in [0.05, 0.1) is 24.2 Å². The number of sulfonamides is 1. The van der Waals surface area contributed by atoms with E-state index in [2.05, 4.69) is 0 Å². The molecular weight excluding hydrogens is 346 g/mol. The average molecular weight is 367 g/mol. The van der Waals surface area contributed by atoms with Crippen molar-refractivity contribution in [3.8, 4) is 5.75 Å². The summed E-state index contributed by atoms with van der Waals surface area (Å²) >= 11 is 0. The highest BCUT2D eigenvalue weighted by Gasteiger charge is 2.25. The predicted molar refractivity (Wildman–Crippen MR) is 104 cm³/mol. The maximum Gasteiger partial charge on any atom is 0.264 e. The van der Waals surface area contributed by atoms with E-state index in [4.69, 9.17) is 4.74 Å². The van der Waals surface area contributed by atoms with E-state index in [1.54, 1.807) is 61.7 Å². The largest absolute Gasteiger partial charge is 0.497 e. The molecule has 0 atom stereocenters. The van der Waals surface area contributed by atoms with Gasteiger partial charge in [0.25, 0.3) is 10.0 Å². The van der Waals surface area contributed by atoms with E-state index in [1.165, 1.54) is 4.31 Å². The normalized spacial score (nSPS) is 11.2. The van der Waals surface area contributed by atoms with Crippen molar-refractivity contribution >= 4 is 15.7 Å². The van der Waals surface area contributed by atoms with Gasteiger partial charge in [0, 0.05) is 6.07 Å². The van der Waals surface area contributed by atoms with Crippen molar-refractivity contribution in [1.82, 2.24) is 0 Å². The first-order chi connectivity index (χ1) is 12.5. The van der Waals surface area contributed by atoms with Gasteiger partial charge < -0.3 is 4.74 Å². The molecule has 3 aromatic carbocycles. The second-order valence-corrected chi connectivity index (χ2v) is 7.87. The highest BCUT2D eigenvalue weighted by Crippen LogP contribution is 2.28. The quantitative estimate of drug-likeness (QED) is 0.649. The van der Waals surface area contributed by atoms with Crippen LogP contribution in [0, 0.1) is 6.92 Å². The van der Waals surface area contributed by atoms with Crippen LogP contribution in [0.25, 0.3) is 0 Å². The Balaban J connectivity index is 2.07. The maximum absolute atomic E-state index is 13.3. The van der Waals surface area contributed by atoms with E-state index in [0.29, 0.717) is 11.4 Å². The monoisotopic (exact) mass is 367 g/mol. The van der Waals surface area contributed by atoms with Crippen LogP contribution in [-0.4, -0.2) is 15.5 Å². The van der Waals surface area contributed by atoms with Crippen molar-refractivity contribution in [3.63, 3.8) is 0 Å². The summed E-state index contributed by atoms with van der Waals surface area (Å²) < 4.78 is 33.3. The summed E-state index contributed by atoms with van der Waals surface area (Å²) in [5, 5.41) is 0. The SMILES string of the molecule is COc1cccc(N(Cc2ccc(C)cc2)S(=O)(=O)c2ccccc2)c1. The first-order valence-corrected chi connectivity index (χ1v) is 9.72. The van der Waals surface area contributed by atoms with Gasteiger partial charge in [-0.1, -0.05) is 54.1 Å². The number of anilines is 1. The van der Waals surface area contributed by atoms with Crippen molar-refractivity contribution < 1.29 is 13.2 Å². The molecule has 0 bridgehead atoms. The Morgan fingerprint density at radius 1 is 0.885 bits per heavy atom. The molecular formula is C21H21NO3S. The third kappa shape index (κ3) is 3.89. The molecule has 3 aromatic rings. The van der Waals surface area contributed by atoms with Crippen molar-refractivity contribution in [1.29, 1.82) is 0 Å². The highest BCUT2D eigenvalue weighted by molar-refractivity contribution is 7.92. The third-order valence-corrected chi connectivity index (χ3v) is 5.91. The lowest BCUT2D eigenvalue weighted by Crippen LogP contribution is -2.30. The van der Waals surface area contributed by atoms with Gasteiger partial charge in [-0.25, -0.2) is 8.42 Å². The number of benzene rings is 3. The molecule has 0 saturated carbocycles. The molecule has 0 heterocycles. The van der Waals surface area contributed by atoms with E-state index in [0.717, 1.165) is 11.1 Å². The van der Waals surface area contributed by atoms with Gasteiger partial charge in [-0.3, -0.25) is 4.31 Å². The highest BCUT2D eigenvalue weighted by atomic mass is 32.2. The number of hydrogen-bond donors (Lipinski definition) is 0. The Hall–Kier alpha value is -2.79. The Morgan fingerprint density at radius 2 is 1.58 bits per heavy atom. The van der Waals surface area contributed by atoms with E-state index in [1.807, 2.05) is 31.2 Å². The minimum absolute atomic E-state index is 0.241. The predicted octanol–water partition coefficient (Wildman–Crippen LogP) is 4.40. The molecule has 0 aliphatic heterocycles. The van der Waals surface area contributed by atoms with Crippen molar-refractivity contribution in [2.45, 2.75) is 18.4 Å². The Labute approximate surface area is 154 Å². The topological polar surface area (TPSA) is 46.6 Å². The Kier molecular flexibility index (Phi) is 5.28. The minimum atomic E-state index is -3.71. The molecule has 134 valence electrons. The molecule has 0 radical (unpaired) electrons. The first-order valence-electron chi connectivity index (χ1n) is 8.28. The zero-order valence-electron chi connectivity index (χ0n) is 14.8. The average Bonchev–Trinajstić information content (AvgIpc) is 2.68. The van der Waals surface area contributed by atoms with Crippen LogP contribution in [-0.2, 0) is 16.6 Å². The van der Waals surface area contributed by atoms with Crippen molar-refractivity contribution in [3.05, 3.63) is 90.0 Å². The van der Waals surface area contributed by atoms with Crippen LogP contribution < -0.4 is 9.04 Å². The van der Waals surface area contributed by atoms with Crippen LogP contribution in [0.5, 0.6) is 5.75 Å². The lowest BCUT2D eigenvalue weighted by molar-refractivity contribution is 0.415. The maximum atomic E-state index is 13.3. The molecule has 26 heavy (non-hydrogen) atoms. The van der Waals surface area contributed by atoms with Crippen LogP contribution in [0.2, 0.25) is 0 Å². The first kappa shape index (κ1) is 18.0. The zero-order chi connectivity index (χ0) is 18.6. The molecule has 0 saturated heterocycles. The summed E-state index contributed by atoms with van der Waals surface area (Å²) in [6.07, 6.45) is 0. The summed E-state index contributed by atoms with van der Waals surface area (Å²) in [6, 6.07) is 23.4. The molecule has 0 aromatic heterocycles. The molecule has 0 N–H and O–H groups in total. The lowest BCUT2D eigenvalue weighted by atomic mass is 10.1. The lowest BCUT2D eigenvalue weighted by Gasteiger charge is -2.25. The van der Waals surface area contributed by atoms with Gasteiger partial charge in [0.1, 0.15) is 5.75 Å². The number of methoxy groups -OCH3 is 1. The molecule has 3 rings (SSSR count). The fourth-order valence-corrected chi connectivity index (χ4v) is 4.13. The van der Waals surface area contributed by atoms with Gasteiger partial charge in [0.15, 0.2) is 0 Å². The molecule has 0 spiro atoms. The van der Waals surface area contributed by atoms with E-state index >= 15 is 0 Å². The summed E-state index contributed by atoms with van der Waals surface area (Å²) in [5.74, 6) is 0.611. The zero-order valence-corrected chi connectivity index (χ0v) is 15.6. The van der Waals surface area contributed by atoms with Crippen LogP contribution in [0.3, 0.4) is 0 Å². The minimum Gasteiger partial charge on any atom is -0.497 e. The standard InChI is InChI=1S/C21H21NO3S/c1-17-11-13-18(14-12-17)16-22(19-7-6-8-20(15-19)25-2)26(23,24)21-9-4-3-5-10-21/h3-15H,16H2,1-2H3. The van der Waals surface area contributed by atoms with Gasteiger partial charge in [-0.2, -0.15) is 0 Å². The van der Waals surface area contributed by atoms with Crippen LogP contribution in [0.15, 0.2) is 83.8 Å². The second-order valence-electron chi connectivity index (χ2n) is 6.01. The van der Waals surface area contributed by atoms with E-state index < -0.39 is 10.0 Å². The molecule has 0 aliphatic carbocycles. The van der Waals surface area contributed by atoms with Crippen molar-refractivity contribution in [2.75, 3.05) is 11.4 Å². The molecule has 0 aliphatic rings. The van der Waals surface area contributed by atoms with Gasteiger partial charge in [-0.05, 0) is 36.8 Å². The number of hydrogen-bond acceptors (Lipinski definition) is 3. The fraction of sp³-hybridized carbons (Fsp3) is 0.143. The molecule has 0 amide bonds. The van der Waals surface area contributed by atoms with Crippen LogP contribution in [0.4, 0.5) is 5.69 Å². The molecule has 0 fully saturated rings. The molecule has 4 nitrogen and oxygen atoms in total. The Morgan fingerprint density at radius 3 is 2.23 bits per heavy atom. The van der Waals surface area contributed by atoms with Crippen molar-refractivity contribution in [2.24, 2.45) is 0 Å². The van der Waals surface area contributed by atoms with Crippen LogP contribution in [0.1, 0.15) is 11.1 Å². The van der Waals surface area contributed by atoms with Crippen LogP contribution >= 0.6 is 0 Å². The fourth-order valence-electron chi connectivity index (χ4n) is 2.66. The number of aryl methyl sites for hydroxylation is 1. The third-order valence-electron chi connectivity index (χ3n) is 4.12. The number of rotatable bonds is 6. The summed E-state index contributed by atoms with van der Waals surface area (Å²) in [6.45, 7) is 2.25. The number of nitrogens with zero attached hydrogens (tertiary/aromatic N) is 1. The summed E-state index contributed by atoms with van der Waals surface area (Å²) in [4.78, 5) is 0.259. The van der Waals surface area contributed by atoms with Gasteiger partial charge >= 0.3 is 0 Å².